The van der Waals surface area contributed by atoms with Crippen molar-refractivity contribution in [3.05, 3.63) is 95.7 Å². The van der Waals surface area contributed by atoms with Gasteiger partial charge in [-0.15, -0.1) is 0 Å². The lowest BCUT2D eigenvalue weighted by Crippen LogP contribution is -2.40. The molecular formula is C27H30F2N6O. The molecular weight excluding hydrogens is 462 g/mol. The molecule has 1 unspecified atom stereocenters. The molecule has 4 aromatic rings. The van der Waals surface area contributed by atoms with Crippen LogP contribution in [0.25, 0.3) is 11.3 Å². The molecule has 1 atom stereocenters. The SMILES string of the molecule is CN(CCCCCc1cc(-c2cccc(F)c2)n[nH]1)C(=O)NC(c1cccc(F)c1)c1nccn1C. The van der Waals surface area contributed by atoms with Crippen LogP contribution >= 0.6 is 0 Å². The number of urea groups is 1. The van der Waals surface area contributed by atoms with E-state index in [1.54, 1.807) is 42.5 Å². The summed E-state index contributed by atoms with van der Waals surface area (Å²) in [6.45, 7) is 0.583. The fraction of sp³-hybridized carbons (Fsp3) is 0.296. The smallest absolute Gasteiger partial charge is 0.317 e. The molecule has 2 aromatic heterocycles. The molecule has 0 fully saturated rings. The van der Waals surface area contributed by atoms with E-state index in [4.69, 9.17) is 0 Å². The van der Waals surface area contributed by atoms with Crippen LogP contribution in [0.3, 0.4) is 0 Å². The topological polar surface area (TPSA) is 78.8 Å². The van der Waals surface area contributed by atoms with Crippen LogP contribution in [0.5, 0.6) is 0 Å². The first-order valence-electron chi connectivity index (χ1n) is 12.0. The van der Waals surface area contributed by atoms with Gasteiger partial charge in [-0.05, 0) is 55.2 Å². The Kier molecular flexibility index (Phi) is 8.10. The number of unbranched alkanes of at least 4 members (excludes halogenated alkanes) is 2. The van der Waals surface area contributed by atoms with Gasteiger partial charge in [0.15, 0.2) is 0 Å². The summed E-state index contributed by atoms with van der Waals surface area (Å²) in [6.07, 6.45) is 6.95. The van der Waals surface area contributed by atoms with Gasteiger partial charge in [-0.2, -0.15) is 5.10 Å². The number of hydrogen-bond donors (Lipinski definition) is 2. The van der Waals surface area contributed by atoms with E-state index in [-0.39, 0.29) is 17.7 Å². The van der Waals surface area contributed by atoms with Crippen LogP contribution in [0.2, 0.25) is 0 Å². The second-order valence-electron chi connectivity index (χ2n) is 8.85. The molecule has 9 heteroatoms. The van der Waals surface area contributed by atoms with Gasteiger partial charge in [0.25, 0.3) is 0 Å². The number of H-pyrrole nitrogens is 1. The molecule has 2 aromatic carbocycles. The molecule has 7 nitrogen and oxygen atoms in total. The van der Waals surface area contributed by atoms with Crippen LogP contribution in [0.1, 0.15) is 42.4 Å². The highest BCUT2D eigenvalue weighted by Gasteiger charge is 2.22. The molecule has 188 valence electrons. The van der Waals surface area contributed by atoms with Crippen molar-refractivity contribution in [3.8, 4) is 11.3 Å². The lowest BCUT2D eigenvalue weighted by atomic mass is 10.1. The first-order valence-corrected chi connectivity index (χ1v) is 12.0. The molecule has 0 radical (unpaired) electrons. The molecule has 2 amide bonds. The predicted octanol–water partition coefficient (Wildman–Crippen LogP) is 5.23. The Bertz CT molecular complexity index is 1300. The number of aryl methyl sites for hydroxylation is 2. The van der Waals surface area contributed by atoms with E-state index in [9.17, 15) is 13.6 Å². The Morgan fingerprint density at radius 1 is 1.08 bits per heavy atom. The molecule has 0 saturated carbocycles. The Hall–Kier alpha value is -4.01. The third-order valence-corrected chi connectivity index (χ3v) is 6.10. The Balaban J connectivity index is 1.25. The highest BCUT2D eigenvalue weighted by atomic mass is 19.1. The molecule has 2 N–H and O–H groups in total. The first kappa shape index (κ1) is 25.1. The average molecular weight is 493 g/mol. The minimum Gasteiger partial charge on any atom is -0.336 e. The standard InChI is InChI=1S/C27H30F2N6O/c1-34-15-13-30-26(34)25(20-9-7-11-22(29)17-20)31-27(36)35(2)14-5-3-4-12-23-18-24(33-32-23)19-8-6-10-21(28)16-19/h6-11,13,15-18,25H,3-5,12,14H2,1-2H3,(H,31,36)(H,32,33). The Labute approximate surface area is 209 Å². The number of benzene rings is 2. The Morgan fingerprint density at radius 3 is 2.58 bits per heavy atom. The van der Waals surface area contributed by atoms with Gasteiger partial charge in [-0.25, -0.2) is 18.6 Å². The van der Waals surface area contributed by atoms with Crippen LogP contribution in [0.4, 0.5) is 13.6 Å². The van der Waals surface area contributed by atoms with Crippen molar-refractivity contribution in [1.29, 1.82) is 0 Å². The number of aromatic nitrogens is 4. The zero-order valence-electron chi connectivity index (χ0n) is 20.4. The van der Waals surface area contributed by atoms with Crippen LogP contribution in [0.15, 0.2) is 67.0 Å². The van der Waals surface area contributed by atoms with Gasteiger partial charge in [0.2, 0.25) is 0 Å². The first-order chi connectivity index (χ1) is 17.4. The molecule has 0 saturated heterocycles. The summed E-state index contributed by atoms with van der Waals surface area (Å²) in [5.74, 6) is -0.0264. The normalized spacial score (nSPS) is 11.9. The molecule has 0 bridgehead atoms. The van der Waals surface area contributed by atoms with E-state index in [0.717, 1.165) is 42.6 Å². The van der Waals surface area contributed by atoms with Gasteiger partial charge in [0.1, 0.15) is 23.5 Å². The summed E-state index contributed by atoms with van der Waals surface area (Å²) in [5.41, 5.74) is 3.09. The zero-order valence-corrected chi connectivity index (χ0v) is 20.4. The van der Waals surface area contributed by atoms with Crippen LogP contribution in [-0.2, 0) is 13.5 Å². The summed E-state index contributed by atoms with van der Waals surface area (Å²) < 4.78 is 29.1. The lowest BCUT2D eigenvalue weighted by Gasteiger charge is -2.24. The number of nitrogens with one attached hydrogen (secondary N) is 2. The van der Waals surface area contributed by atoms with Gasteiger partial charge in [0.05, 0.1) is 5.69 Å². The average Bonchev–Trinajstić information content (AvgIpc) is 3.51. The Morgan fingerprint density at radius 2 is 1.86 bits per heavy atom. The highest BCUT2D eigenvalue weighted by molar-refractivity contribution is 5.74. The van der Waals surface area contributed by atoms with E-state index in [0.29, 0.717) is 17.9 Å². The van der Waals surface area contributed by atoms with Crippen molar-refractivity contribution < 1.29 is 13.6 Å². The highest BCUT2D eigenvalue weighted by Crippen LogP contribution is 2.22. The van der Waals surface area contributed by atoms with Crippen LogP contribution in [0, 0.1) is 11.6 Å². The van der Waals surface area contributed by atoms with E-state index < -0.39 is 6.04 Å². The zero-order chi connectivity index (χ0) is 25.5. The summed E-state index contributed by atoms with van der Waals surface area (Å²) in [5, 5.41) is 10.3. The molecule has 0 aliphatic heterocycles. The third-order valence-electron chi connectivity index (χ3n) is 6.10. The van der Waals surface area contributed by atoms with Crippen molar-refractivity contribution in [2.45, 2.75) is 31.7 Å². The number of halogens is 2. The van der Waals surface area contributed by atoms with Crippen molar-refractivity contribution >= 4 is 6.03 Å². The maximum Gasteiger partial charge on any atom is 0.317 e. The number of carbonyl (C=O) groups is 1. The predicted molar refractivity (Wildman–Crippen MR) is 134 cm³/mol. The number of imidazole rings is 1. The van der Waals surface area contributed by atoms with E-state index in [1.165, 1.54) is 24.3 Å². The fourth-order valence-electron chi connectivity index (χ4n) is 4.10. The maximum atomic E-state index is 13.9. The molecule has 36 heavy (non-hydrogen) atoms. The van der Waals surface area contributed by atoms with Crippen molar-refractivity contribution in [2.24, 2.45) is 7.05 Å². The van der Waals surface area contributed by atoms with Gasteiger partial charge in [0, 0.05) is 44.3 Å². The van der Waals surface area contributed by atoms with Crippen molar-refractivity contribution in [1.82, 2.24) is 30.0 Å². The van der Waals surface area contributed by atoms with Crippen LogP contribution < -0.4 is 5.32 Å². The van der Waals surface area contributed by atoms with Gasteiger partial charge in [-0.1, -0.05) is 30.7 Å². The largest absolute Gasteiger partial charge is 0.336 e. The quantitative estimate of drug-likeness (QED) is 0.298. The van der Waals surface area contributed by atoms with Crippen molar-refractivity contribution in [2.75, 3.05) is 13.6 Å². The number of hydrogen-bond acceptors (Lipinski definition) is 3. The number of carbonyl (C=O) groups excluding carboxylic acids is 1. The molecule has 0 aliphatic carbocycles. The minimum atomic E-state index is -0.566. The number of aromatic amines is 1. The maximum absolute atomic E-state index is 13.9. The second-order valence-corrected chi connectivity index (χ2v) is 8.85. The minimum absolute atomic E-state index is 0.249. The van der Waals surface area contributed by atoms with E-state index in [1.807, 2.05) is 23.7 Å². The fourth-order valence-corrected chi connectivity index (χ4v) is 4.10. The molecule has 0 spiro atoms. The lowest BCUT2D eigenvalue weighted by molar-refractivity contribution is 0.205. The number of rotatable bonds is 10. The summed E-state index contributed by atoms with van der Waals surface area (Å²) >= 11 is 0. The summed E-state index contributed by atoms with van der Waals surface area (Å²) in [6, 6.07) is 13.7. The van der Waals surface area contributed by atoms with E-state index in [2.05, 4.69) is 20.5 Å². The monoisotopic (exact) mass is 492 g/mol. The van der Waals surface area contributed by atoms with Gasteiger partial charge < -0.3 is 14.8 Å². The van der Waals surface area contributed by atoms with Crippen molar-refractivity contribution in [3.63, 3.8) is 0 Å². The summed E-state index contributed by atoms with van der Waals surface area (Å²) in [4.78, 5) is 18.9. The summed E-state index contributed by atoms with van der Waals surface area (Å²) in [7, 11) is 3.59. The molecule has 2 heterocycles. The van der Waals surface area contributed by atoms with E-state index >= 15 is 0 Å². The van der Waals surface area contributed by atoms with Gasteiger partial charge in [-0.3, -0.25) is 5.10 Å². The molecule has 4 rings (SSSR count). The third kappa shape index (κ3) is 6.35. The number of amides is 2. The molecule has 0 aliphatic rings. The van der Waals surface area contributed by atoms with Gasteiger partial charge >= 0.3 is 6.03 Å². The van der Waals surface area contributed by atoms with Crippen LogP contribution in [-0.4, -0.2) is 44.3 Å². The second kappa shape index (κ2) is 11.6. The number of nitrogens with zero attached hydrogens (tertiary/aromatic N) is 4.